The van der Waals surface area contributed by atoms with Crippen LogP contribution in [0.15, 0.2) is 0 Å². The standard InChI is InChI=1S/C20H31N7/c1-13(2)10-15-11-26(12-18-24-23-14(3)27(15)18)19-16-8-6-7-9-17(16)21-20(22-19)25(4)5/h13,15H,6-12H2,1-5H3/t15-/m0/s1. The average Bonchev–Trinajstić information content (AvgIpc) is 3.01. The predicted octanol–water partition coefficient (Wildman–Crippen LogP) is 2.93. The fraction of sp³-hybridized carbons (Fsp3) is 0.700. The van der Waals surface area contributed by atoms with Crippen molar-refractivity contribution in [2.24, 2.45) is 5.92 Å². The van der Waals surface area contributed by atoms with Gasteiger partial charge in [-0.15, -0.1) is 10.2 Å². The number of fused-ring (bicyclic) bond motifs is 2. The van der Waals surface area contributed by atoms with Gasteiger partial charge in [-0.25, -0.2) is 4.98 Å². The van der Waals surface area contributed by atoms with E-state index in [0.717, 1.165) is 55.8 Å². The molecule has 2 aliphatic rings. The van der Waals surface area contributed by atoms with Crippen LogP contribution in [0.1, 0.15) is 62.1 Å². The molecule has 7 heteroatoms. The summed E-state index contributed by atoms with van der Waals surface area (Å²) in [5.74, 6) is 4.63. The van der Waals surface area contributed by atoms with Crippen LogP contribution >= 0.6 is 0 Å². The van der Waals surface area contributed by atoms with Gasteiger partial charge in [-0.1, -0.05) is 13.8 Å². The van der Waals surface area contributed by atoms with Crippen LogP contribution in [-0.2, 0) is 19.4 Å². The molecule has 0 saturated heterocycles. The summed E-state index contributed by atoms with van der Waals surface area (Å²) in [6, 6.07) is 0.390. The lowest BCUT2D eigenvalue weighted by molar-refractivity contribution is 0.356. The lowest BCUT2D eigenvalue weighted by Gasteiger charge is -2.37. The van der Waals surface area contributed by atoms with Crippen LogP contribution in [0.25, 0.3) is 0 Å². The van der Waals surface area contributed by atoms with Crippen molar-refractivity contribution in [3.05, 3.63) is 22.9 Å². The van der Waals surface area contributed by atoms with E-state index in [1.54, 1.807) is 0 Å². The van der Waals surface area contributed by atoms with Crippen molar-refractivity contribution in [1.29, 1.82) is 0 Å². The Morgan fingerprint density at radius 3 is 2.63 bits per heavy atom. The fourth-order valence-electron chi connectivity index (χ4n) is 4.48. The van der Waals surface area contributed by atoms with Crippen molar-refractivity contribution in [3.8, 4) is 0 Å². The highest BCUT2D eigenvalue weighted by Gasteiger charge is 2.32. The molecule has 1 aliphatic carbocycles. The summed E-state index contributed by atoms with van der Waals surface area (Å²) in [6.45, 7) is 8.37. The molecule has 3 heterocycles. The van der Waals surface area contributed by atoms with Crippen LogP contribution in [0.2, 0.25) is 0 Å². The molecule has 0 amide bonds. The molecular formula is C20H31N7. The lowest BCUT2D eigenvalue weighted by atomic mass is 9.95. The molecule has 0 saturated carbocycles. The molecule has 1 aliphatic heterocycles. The van der Waals surface area contributed by atoms with Crippen LogP contribution < -0.4 is 9.80 Å². The molecule has 0 bridgehead atoms. The van der Waals surface area contributed by atoms with Crippen molar-refractivity contribution in [2.45, 2.75) is 65.5 Å². The lowest BCUT2D eigenvalue weighted by Crippen LogP contribution is -2.40. The zero-order chi connectivity index (χ0) is 19.1. The summed E-state index contributed by atoms with van der Waals surface area (Å²) in [7, 11) is 4.04. The first-order valence-corrected chi connectivity index (χ1v) is 10.2. The monoisotopic (exact) mass is 369 g/mol. The maximum absolute atomic E-state index is 4.99. The quantitative estimate of drug-likeness (QED) is 0.826. The number of aryl methyl sites for hydroxylation is 2. The molecular weight excluding hydrogens is 338 g/mol. The third-order valence-electron chi connectivity index (χ3n) is 5.66. The maximum atomic E-state index is 4.99. The van der Waals surface area contributed by atoms with Crippen LogP contribution in [0.3, 0.4) is 0 Å². The van der Waals surface area contributed by atoms with E-state index in [1.165, 1.54) is 24.1 Å². The highest BCUT2D eigenvalue weighted by atomic mass is 15.4. The van der Waals surface area contributed by atoms with Gasteiger partial charge in [-0.2, -0.15) is 4.98 Å². The van der Waals surface area contributed by atoms with Crippen molar-refractivity contribution in [2.75, 3.05) is 30.4 Å². The molecule has 0 spiro atoms. The van der Waals surface area contributed by atoms with E-state index in [9.17, 15) is 0 Å². The molecule has 27 heavy (non-hydrogen) atoms. The third-order valence-corrected chi connectivity index (χ3v) is 5.66. The van der Waals surface area contributed by atoms with Crippen molar-refractivity contribution >= 4 is 11.8 Å². The Bertz CT molecular complexity index is 824. The minimum atomic E-state index is 0.390. The summed E-state index contributed by atoms with van der Waals surface area (Å²) in [5, 5.41) is 8.84. The number of rotatable bonds is 4. The van der Waals surface area contributed by atoms with Crippen LogP contribution in [-0.4, -0.2) is 45.4 Å². The molecule has 0 unspecified atom stereocenters. The minimum absolute atomic E-state index is 0.390. The molecule has 4 rings (SSSR count). The van der Waals surface area contributed by atoms with Crippen molar-refractivity contribution < 1.29 is 0 Å². The number of anilines is 2. The van der Waals surface area contributed by atoms with Gasteiger partial charge >= 0.3 is 0 Å². The Hall–Kier alpha value is -2.18. The zero-order valence-corrected chi connectivity index (χ0v) is 17.2. The van der Waals surface area contributed by atoms with E-state index in [2.05, 4.69) is 40.4 Å². The molecule has 0 N–H and O–H groups in total. The smallest absolute Gasteiger partial charge is 0.227 e. The van der Waals surface area contributed by atoms with E-state index in [1.807, 2.05) is 19.0 Å². The summed E-state index contributed by atoms with van der Waals surface area (Å²) < 4.78 is 2.34. The first kappa shape index (κ1) is 18.2. The second-order valence-electron chi connectivity index (χ2n) is 8.57. The molecule has 1 atom stereocenters. The summed E-state index contributed by atoms with van der Waals surface area (Å²) in [4.78, 5) is 14.3. The van der Waals surface area contributed by atoms with E-state index in [4.69, 9.17) is 9.97 Å². The molecule has 146 valence electrons. The topological polar surface area (TPSA) is 63.0 Å². The second-order valence-corrected chi connectivity index (χ2v) is 8.57. The van der Waals surface area contributed by atoms with Gasteiger partial charge < -0.3 is 14.4 Å². The van der Waals surface area contributed by atoms with Gasteiger partial charge in [0, 0.05) is 26.2 Å². The first-order valence-electron chi connectivity index (χ1n) is 10.2. The Labute approximate surface area is 161 Å². The summed E-state index contributed by atoms with van der Waals surface area (Å²) in [6.07, 6.45) is 5.71. The van der Waals surface area contributed by atoms with Crippen LogP contribution in [0, 0.1) is 12.8 Å². The Morgan fingerprint density at radius 1 is 1.11 bits per heavy atom. The third kappa shape index (κ3) is 3.39. The van der Waals surface area contributed by atoms with Gasteiger partial charge in [0.2, 0.25) is 5.95 Å². The highest BCUT2D eigenvalue weighted by molar-refractivity contribution is 5.54. The molecule has 0 aromatic carbocycles. The van der Waals surface area contributed by atoms with E-state index in [-0.39, 0.29) is 0 Å². The normalized spacial score (nSPS) is 19.2. The molecule has 7 nitrogen and oxygen atoms in total. The summed E-state index contributed by atoms with van der Waals surface area (Å²) in [5.41, 5.74) is 2.58. The number of aromatic nitrogens is 5. The van der Waals surface area contributed by atoms with Gasteiger partial charge in [0.25, 0.3) is 0 Å². The van der Waals surface area contributed by atoms with E-state index >= 15 is 0 Å². The molecule has 0 fully saturated rings. The van der Waals surface area contributed by atoms with E-state index in [0.29, 0.717) is 12.0 Å². The molecule has 2 aromatic rings. The largest absolute Gasteiger partial charge is 0.347 e. The Balaban J connectivity index is 1.76. The van der Waals surface area contributed by atoms with Crippen LogP contribution in [0.5, 0.6) is 0 Å². The Kier molecular flexibility index (Phi) is 4.78. The number of hydrogen-bond acceptors (Lipinski definition) is 6. The van der Waals surface area contributed by atoms with Gasteiger partial charge in [-0.3, -0.25) is 0 Å². The SMILES string of the molecule is Cc1nnc2n1[C@@H](CC(C)C)CN(c1nc(N(C)C)nc3c1CCCC3)C2. The zero-order valence-electron chi connectivity index (χ0n) is 17.2. The number of nitrogens with zero attached hydrogens (tertiary/aromatic N) is 7. The van der Waals surface area contributed by atoms with Gasteiger partial charge in [0.05, 0.1) is 18.3 Å². The first-order chi connectivity index (χ1) is 12.9. The number of hydrogen-bond donors (Lipinski definition) is 0. The van der Waals surface area contributed by atoms with Crippen LogP contribution in [0.4, 0.5) is 11.8 Å². The maximum Gasteiger partial charge on any atom is 0.227 e. The van der Waals surface area contributed by atoms with Crippen molar-refractivity contribution in [1.82, 2.24) is 24.7 Å². The molecule has 2 aromatic heterocycles. The Morgan fingerprint density at radius 2 is 1.89 bits per heavy atom. The summed E-state index contributed by atoms with van der Waals surface area (Å²) >= 11 is 0. The van der Waals surface area contributed by atoms with Gasteiger partial charge in [0.1, 0.15) is 11.6 Å². The van der Waals surface area contributed by atoms with E-state index < -0.39 is 0 Å². The minimum Gasteiger partial charge on any atom is -0.347 e. The van der Waals surface area contributed by atoms with Gasteiger partial charge in [0.15, 0.2) is 5.82 Å². The molecule has 0 radical (unpaired) electrons. The fourth-order valence-corrected chi connectivity index (χ4v) is 4.48. The van der Waals surface area contributed by atoms with Gasteiger partial charge in [-0.05, 0) is 44.9 Å². The highest BCUT2D eigenvalue weighted by Crippen LogP contribution is 2.35. The average molecular weight is 370 g/mol. The van der Waals surface area contributed by atoms with Crippen molar-refractivity contribution in [3.63, 3.8) is 0 Å². The second kappa shape index (κ2) is 7.09. The predicted molar refractivity (Wildman–Crippen MR) is 107 cm³/mol.